The average Bonchev–Trinajstić information content (AvgIpc) is 2.27. The van der Waals surface area contributed by atoms with Gasteiger partial charge in [-0.1, -0.05) is 6.92 Å². The lowest BCUT2D eigenvalue weighted by molar-refractivity contribution is -0.167. The topological polar surface area (TPSA) is 60.4 Å². The summed E-state index contributed by atoms with van der Waals surface area (Å²) in [5, 5.41) is 0. The second kappa shape index (κ2) is 3.40. The van der Waals surface area contributed by atoms with Gasteiger partial charge in [-0.05, 0) is 19.3 Å². The molecule has 4 heteroatoms. The minimum Gasteiger partial charge on any atom is -0.469 e. The van der Waals surface area contributed by atoms with E-state index in [9.17, 15) is 14.4 Å². The fourth-order valence-electron chi connectivity index (χ4n) is 3.16. The minimum absolute atomic E-state index is 0.00565. The number of ether oxygens (including phenoxy) is 1. The predicted molar refractivity (Wildman–Crippen MR) is 55.5 cm³/mol. The molecule has 4 nitrogen and oxygen atoms in total. The third-order valence-corrected chi connectivity index (χ3v) is 4.29. The molecular formula is C12H16O4. The molecule has 0 saturated heterocycles. The fourth-order valence-corrected chi connectivity index (χ4v) is 3.16. The fraction of sp³-hybridized carbons (Fsp3) is 0.750. The number of carbonyl (C=O) groups excluding carboxylic acids is 3. The number of hydrogen-bond donors (Lipinski definition) is 0. The molecule has 3 rings (SSSR count). The highest BCUT2D eigenvalue weighted by Crippen LogP contribution is 2.51. The SMILES string of the molecule is COC(=O)[C@@H]1C[C@@]2(C)C(=O)C[C@@H]1[C@H](C)C2=O. The van der Waals surface area contributed by atoms with Gasteiger partial charge >= 0.3 is 5.97 Å². The van der Waals surface area contributed by atoms with Gasteiger partial charge in [0.15, 0.2) is 0 Å². The quantitative estimate of drug-likeness (QED) is 0.492. The maximum atomic E-state index is 12.0. The molecule has 0 aromatic heterocycles. The zero-order valence-corrected chi connectivity index (χ0v) is 9.78. The van der Waals surface area contributed by atoms with Gasteiger partial charge in [-0.25, -0.2) is 0 Å². The summed E-state index contributed by atoms with van der Waals surface area (Å²) in [5.74, 6) is -0.965. The Morgan fingerprint density at radius 1 is 1.44 bits per heavy atom. The lowest BCUT2D eigenvalue weighted by atomic mass is 9.52. The Bertz CT molecular complexity index is 373. The van der Waals surface area contributed by atoms with Gasteiger partial charge in [0.25, 0.3) is 0 Å². The number of rotatable bonds is 1. The van der Waals surface area contributed by atoms with E-state index in [-0.39, 0.29) is 35.3 Å². The summed E-state index contributed by atoms with van der Waals surface area (Å²) in [6.07, 6.45) is 0.662. The van der Waals surface area contributed by atoms with Crippen LogP contribution in [0.3, 0.4) is 0 Å². The summed E-state index contributed by atoms with van der Waals surface area (Å²) >= 11 is 0. The molecule has 0 radical (unpaired) electrons. The molecule has 88 valence electrons. The number of carbonyl (C=O) groups is 3. The number of fused-ring (bicyclic) bond motifs is 3. The number of hydrogen-bond acceptors (Lipinski definition) is 4. The maximum absolute atomic E-state index is 12.0. The Morgan fingerprint density at radius 2 is 2.06 bits per heavy atom. The molecule has 0 N–H and O–H groups in total. The molecule has 3 aliphatic carbocycles. The van der Waals surface area contributed by atoms with E-state index in [4.69, 9.17) is 4.74 Å². The van der Waals surface area contributed by atoms with Crippen LogP contribution in [0.1, 0.15) is 26.7 Å². The van der Waals surface area contributed by atoms with Crippen LogP contribution in [-0.2, 0) is 19.1 Å². The minimum atomic E-state index is -0.951. The molecule has 2 bridgehead atoms. The van der Waals surface area contributed by atoms with E-state index < -0.39 is 5.41 Å². The molecule has 3 aliphatic rings. The van der Waals surface area contributed by atoms with Crippen LogP contribution in [0, 0.1) is 23.2 Å². The number of esters is 1. The van der Waals surface area contributed by atoms with Gasteiger partial charge in [0.05, 0.1) is 18.4 Å². The van der Waals surface area contributed by atoms with E-state index in [1.165, 1.54) is 7.11 Å². The molecule has 0 aromatic rings. The van der Waals surface area contributed by atoms with Crippen molar-refractivity contribution in [3.8, 4) is 0 Å². The van der Waals surface area contributed by atoms with E-state index >= 15 is 0 Å². The predicted octanol–water partition coefficient (Wildman–Crippen LogP) is 0.980. The number of methoxy groups -OCH3 is 1. The van der Waals surface area contributed by atoms with Crippen molar-refractivity contribution >= 4 is 17.5 Å². The maximum Gasteiger partial charge on any atom is 0.309 e. The molecule has 0 aliphatic heterocycles. The van der Waals surface area contributed by atoms with Crippen molar-refractivity contribution in [3.63, 3.8) is 0 Å². The zero-order chi connectivity index (χ0) is 12.1. The van der Waals surface area contributed by atoms with Crippen LogP contribution in [0.5, 0.6) is 0 Å². The Labute approximate surface area is 94.3 Å². The van der Waals surface area contributed by atoms with Crippen LogP contribution in [0.4, 0.5) is 0 Å². The van der Waals surface area contributed by atoms with Gasteiger partial charge in [0.1, 0.15) is 11.6 Å². The second-order valence-corrected chi connectivity index (χ2v) is 5.11. The van der Waals surface area contributed by atoms with E-state index in [0.717, 1.165) is 0 Å². The van der Waals surface area contributed by atoms with Crippen LogP contribution in [0.2, 0.25) is 0 Å². The first-order valence-corrected chi connectivity index (χ1v) is 5.57. The highest BCUT2D eigenvalue weighted by Gasteiger charge is 2.59. The monoisotopic (exact) mass is 224 g/mol. The normalized spacial score (nSPS) is 42.3. The lowest BCUT2D eigenvalue weighted by Gasteiger charge is -2.48. The molecule has 0 amide bonds. The number of Topliss-reactive ketones (excluding diaryl/α,β-unsaturated/α-hetero) is 2. The van der Waals surface area contributed by atoms with E-state index in [0.29, 0.717) is 12.8 Å². The summed E-state index contributed by atoms with van der Waals surface area (Å²) in [6, 6.07) is 0. The van der Waals surface area contributed by atoms with Crippen molar-refractivity contribution in [2.45, 2.75) is 26.7 Å². The van der Waals surface area contributed by atoms with Crippen LogP contribution >= 0.6 is 0 Å². The molecule has 0 unspecified atom stereocenters. The highest BCUT2D eigenvalue weighted by molar-refractivity contribution is 6.11. The van der Waals surface area contributed by atoms with Crippen LogP contribution in [0.25, 0.3) is 0 Å². The number of ketones is 2. The average molecular weight is 224 g/mol. The van der Waals surface area contributed by atoms with Crippen molar-refractivity contribution in [3.05, 3.63) is 0 Å². The molecule has 4 atom stereocenters. The highest BCUT2D eigenvalue weighted by atomic mass is 16.5. The summed E-state index contributed by atoms with van der Waals surface area (Å²) in [4.78, 5) is 35.4. The third-order valence-electron chi connectivity index (χ3n) is 4.29. The standard InChI is InChI=1S/C12H16O4/c1-6-7-4-9(13)12(2,10(6)14)5-8(7)11(15)16-3/h6-8H,4-5H2,1-3H3/t6-,7+,8+,12-/m0/s1. The lowest BCUT2D eigenvalue weighted by Crippen LogP contribution is -2.57. The summed E-state index contributed by atoms with van der Waals surface area (Å²) in [7, 11) is 1.35. The van der Waals surface area contributed by atoms with Gasteiger partial charge < -0.3 is 4.74 Å². The zero-order valence-electron chi connectivity index (χ0n) is 9.78. The Kier molecular flexibility index (Phi) is 2.40. The summed E-state index contributed by atoms with van der Waals surface area (Å²) in [5.41, 5.74) is -0.951. The Hall–Kier alpha value is -1.19. The Balaban J connectivity index is 2.37. The smallest absolute Gasteiger partial charge is 0.309 e. The van der Waals surface area contributed by atoms with Gasteiger partial charge in [-0.15, -0.1) is 0 Å². The summed E-state index contributed by atoms with van der Waals surface area (Å²) < 4.78 is 4.74. The van der Waals surface area contributed by atoms with Crippen LogP contribution < -0.4 is 0 Å². The summed E-state index contributed by atoms with van der Waals surface area (Å²) in [6.45, 7) is 3.48. The Morgan fingerprint density at radius 3 is 2.62 bits per heavy atom. The van der Waals surface area contributed by atoms with Crippen molar-refractivity contribution in [2.24, 2.45) is 23.2 Å². The second-order valence-electron chi connectivity index (χ2n) is 5.11. The van der Waals surface area contributed by atoms with Crippen LogP contribution in [-0.4, -0.2) is 24.6 Å². The van der Waals surface area contributed by atoms with Gasteiger partial charge in [-0.2, -0.15) is 0 Å². The molecule has 16 heavy (non-hydrogen) atoms. The van der Waals surface area contributed by atoms with E-state index in [2.05, 4.69) is 0 Å². The molecule has 0 spiro atoms. The van der Waals surface area contributed by atoms with Crippen molar-refractivity contribution in [1.82, 2.24) is 0 Å². The first kappa shape index (κ1) is 11.3. The largest absolute Gasteiger partial charge is 0.469 e. The van der Waals surface area contributed by atoms with Gasteiger partial charge in [0.2, 0.25) is 0 Å². The van der Waals surface area contributed by atoms with Crippen molar-refractivity contribution < 1.29 is 19.1 Å². The first-order chi connectivity index (χ1) is 7.41. The molecule has 0 heterocycles. The van der Waals surface area contributed by atoms with Gasteiger partial charge in [-0.3, -0.25) is 14.4 Å². The molecule has 3 saturated carbocycles. The third kappa shape index (κ3) is 1.25. The van der Waals surface area contributed by atoms with Crippen LogP contribution in [0.15, 0.2) is 0 Å². The molecular weight excluding hydrogens is 208 g/mol. The molecule has 0 aromatic carbocycles. The van der Waals surface area contributed by atoms with Crippen molar-refractivity contribution in [1.29, 1.82) is 0 Å². The first-order valence-electron chi connectivity index (χ1n) is 5.57. The molecule has 3 fully saturated rings. The van der Waals surface area contributed by atoms with Crippen molar-refractivity contribution in [2.75, 3.05) is 7.11 Å². The van der Waals surface area contributed by atoms with E-state index in [1.807, 2.05) is 6.92 Å². The van der Waals surface area contributed by atoms with Gasteiger partial charge in [0, 0.05) is 12.3 Å². The van der Waals surface area contributed by atoms with E-state index in [1.54, 1.807) is 6.92 Å².